The molecule has 0 aromatic carbocycles. The number of hydrogen-bond donors (Lipinski definition) is 2. The highest BCUT2D eigenvalue weighted by Crippen LogP contribution is 2.12. The molecule has 1 saturated heterocycles. The molecule has 0 spiro atoms. The van der Waals surface area contributed by atoms with E-state index in [0.29, 0.717) is 12.6 Å². The van der Waals surface area contributed by atoms with E-state index in [4.69, 9.17) is 0 Å². The monoisotopic (exact) mass is 202 g/mol. The molecule has 4 heteroatoms. The lowest BCUT2D eigenvalue weighted by atomic mass is 10.2. The summed E-state index contributed by atoms with van der Waals surface area (Å²) in [7, 11) is 0. The fourth-order valence-electron chi connectivity index (χ4n) is 1.54. The van der Waals surface area contributed by atoms with Gasteiger partial charge in [-0.1, -0.05) is 13.8 Å². The highest BCUT2D eigenvalue weighted by atomic mass is 32.1. The van der Waals surface area contributed by atoms with Crippen LogP contribution < -0.4 is 5.32 Å². The molecule has 1 N–H and O–H groups in total. The molecule has 1 rings (SSSR count). The van der Waals surface area contributed by atoms with Crippen LogP contribution in [0.2, 0.25) is 0 Å². The van der Waals surface area contributed by atoms with Gasteiger partial charge in [-0.3, -0.25) is 9.69 Å². The average molecular weight is 202 g/mol. The molecular weight excluding hydrogens is 184 g/mol. The Kier molecular flexibility index (Phi) is 3.76. The maximum atomic E-state index is 11.5. The van der Waals surface area contributed by atoms with Crippen LogP contribution in [0.15, 0.2) is 0 Å². The maximum Gasteiger partial charge on any atom is 0.165 e. The third kappa shape index (κ3) is 2.97. The molecular formula is C9H18N2OS. The first-order chi connectivity index (χ1) is 6.00. The molecule has 13 heavy (non-hydrogen) atoms. The van der Waals surface area contributed by atoms with E-state index in [1.807, 2.05) is 6.92 Å². The summed E-state index contributed by atoms with van der Waals surface area (Å²) < 4.78 is 0. The van der Waals surface area contributed by atoms with Crippen LogP contribution in [0.5, 0.6) is 0 Å². The van der Waals surface area contributed by atoms with Crippen molar-refractivity contribution >= 4 is 18.4 Å². The van der Waals surface area contributed by atoms with Crippen molar-refractivity contribution in [2.24, 2.45) is 0 Å². The van der Waals surface area contributed by atoms with Crippen LogP contribution in [0.1, 0.15) is 20.8 Å². The maximum absolute atomic E-state index is 11.5. The van der Waals surface area contributed by atoms with Crippen molar-refractivity contribution in [1.82, 2.24) is 10.2 Å². The second-order valence-electron chi connectivity index (χ2n) is 3.90. The van der Waals surface area contributed by atoms with Gasteiger partial charge in [0.15, 0.2) is 5.78 Å². The van der Waals surface area contributed by atoms with Gasteiger partial charge in [0.25, 0.3) is 0 Å². The third-order valence-electron chi connectivity index (χ3n) is 2.23. The minimum Gasteiger partial charge on any atom is -0.304 e. The van der Waals surface area contributed by atoms with Crippen molar-refractivity contribution < 1.29 is 4.79 Å². The molecule has 76 valence electrons. The average Bonchev–Trinajstić information content (AvgIpc) is 2.31. The van der Waals surface area contributed by atoms with Crippen molar-refractivity contribution in [2.45, 2.75) is 38.2 Å². The third-order valence-corrected chi connectivity index (χ3v) is 2.55. The summed E-state index contributed by atoms with van der Waals surface area (Å²) in [4.78, 5) is 13.6. The fourth-order valence-corrected chi connectivity index (χ4v) is 1.72. The van der Waals surface area contributed by atoms with E-state index in [-0.39, 0.29) is 17.2 Å². The number of likely N-dealkylation sites (tertiary alicyclic amines) is 1. The van der Waals surface area contributed by atoms with E-state index in [0.717, 1.165) is 6.54 Å². The summed E-state index contributed by atoms with van der Waals surface area (Å²) in [6.45, 7) is 7.44. The van der Waals surface area contributed by atoms with Crippen LogP contribution in [0.4, 0.5) is 0 Å². The predicted octanol–water partition coefficient (Wildman–Crippen LogP) is 0.513. The van der Waals surface area contributed by atoms with E-state index in [9.17, 15) is 4.79 Å². The number of thiol groups is 1. The molecule has 1 unspecified atom stereocenters. The molecule has 1 fully saturated rings. The number of carbonyl (C=O) groups is 1. The summed E-state index contributed by atoms with van der Waals surface area (Å²) in [5.41, 5.74) is 0. The zero-order valence-corrected chi connectivity index (χ0v) is 9.34. The normalized spacial score (nSPS) is 27.2. The van der Waals surface area contributed by atoms with Gasteiger partial charge in [-0.05, 0) is 6.92 Å². The van der Waals surface area contributed by atoms with Crippen LogP contribution in [0.25, 0.3) is 0 Å². The fraction of sp³-hybridized carbons (Fsp3) is 0.889. The van der Waals surface area contributed by atoms with Crippen LogP contribution in [-0.4, -0.2) is 41.2 Å². The number of Topliss-reactive ketones (excluding diaryl/α,β-unsaturated/α-hetero) is 1. The van der Waals surface area contributed by atoms with Crippen molar-refractivity contribution in [3.63, 3.8) is 0 Å². The van der Waals surface area contributed by atoms with Crippen LogP contribution >= 0.6 is 12.6 Å². The van der Waals surface area contributed by atoms with Gasteiger partial charge in [0.1, 0.15) is 0 Å². The molecule has 0 aromatic rings. The lowest BCUT2D eigenvalue weighted by molar-refractivity contribution is -0.118. The van der Waals surface area contributed by atoms with E-state index >= 15 is 0 Å². The Labute approximate surface area is 85.3 Å². The molecule has 0 amide bonds. The van der Waals surface area contributed by atoms with E-state index in [1.54, 1.807) is 0 Å². The second kappa shape index (κ2) is 4.44. The van der Waals surface area contributed by atoms with Gasteiger partial charge < -0.3 is 5.32 Å². The van der Waals surface area contributed by atoms with Gasteiger partial charge in [-0.2, -0.15) is 12.6 Å². The first kappa shape index (κ1) is 11.0. The first-order valence-corrected chi connectivity index (χ1v) is 5.23. The van der Waals surface area contributed by atoms with Crippen molar-refractivity contribution in [3.8, 4) is 0 Å². The molecule has 1 aliphatic heterocycles. The lowest BCUT2D eigenvalue weighted by Crippen LogP contribution is -2.41. The van der Waals surface area contributed by atoms with Gasteiger partial charge in [0.05, 0.1) is 18.0 Å². The summed E-state index contributed by atoms with van der Waals surface area (Å²) >= 11 is 4.31. The highest BCUT2D eigenvalue weighted by molar-refractivity contribution is 7.80. The van der Waals surface area contributed by atoms with Crippen LogP contribution in [-0.2, 0) is 4.79 Å². The molecule has 1 aliphatic rings. The Hall–Kier alpha value is -0.0600. The Morgan fingerprint density at radius 3 is 2.54 bits per heavy atom. The number of carbonyl (C=O) groups excluding carboxylic acids is 1. The number of rotatable bonds is 3. The molecule has 3 nitrogen and oxygen atoms in total. The van der Waals surface area contributed by atoms with E-state index in [2.05, 4.69) is 36.7 Å². The molecule has 0 aromatic heterocycles. The number of nitrogens with zero attached hydrogens (tertiary/aromatic N) is 1. The predicted molar refractivity (Wildman–Crippen MR) is 57.1 cm³/mol. The van der Waals surface area contributed by atoms with Gasteiger partial charge in [-0.25, -0.2) is 0 Å². The lowest BCUT2D eigenvalue weighted by Gasteiger charge is -2.19. The number of nitrogens with one attached hydrogen (secondary N) is 1. The van der Waals surface area contributed by atoms with Crippen LogP contribution in [0.3, 0.4) is 0 Å². The zero-order valence-electron chi connectivity index (χ0n) is 8.45. The zero-order chi connectivity index (χ0) is 10.0. The minimum atomic E-state index is 0.00889. The van der Waals surface area contributed by atoms with Crippen LogP contribution in [0, 0.1) is 0 Å². The van der Waals surface area contributed by atoms with Gasteiger partial charge in [0.2, 0.25) is 0 Å². The standard InChI is InChI=1S/C9H18N2OS/c1-6(2)10-8-4-11(7(3)13)5-9(8)12/h6-8,10,13H,4-5H2,1-3H3/t7-,8?/m0/s1. The van der Waals surface area contributed by atoms with Crippen molar-refractivity contribution in [2.75, 3.05) is 13.1 Å². The van der Waals surface area contributed by atoms with E-state index in [1.165, 1.54) is 0 Å². The SMILES string of the molecule is CC(C)NC1CN([C@H](C)S)CC1=O. The van der Waals surface area contributed by atoms with Gasteiger partial charge in [0, 0.05) is 12.6 Å². The summed E-state index contributed by atoms with van der Waals surface area (Å²) in [6, 6.07) is 0.374. The molecule has 0 bridgehead atoms. The Balaban J connectivity index is 2.47. The van der Waals surface area contributed by atoms with E-state index < -0.39 is 0 Å². The number of ketones is 1. The smallest absolute Gasteiger partial charge is 0.165 e. The Morgan fingerprint density at radius 1 is 1.54 bits per heavy atom. The van der Waals surface area contributed by atoms with Crippen molar-refractivity contribution in [3.05, 3.63) is 0 Å². The molecule has 1 heterocycles. The minimum absolute atomic E-state index is 0.00889. The second-order valence-corrected chi connectivity index (χ2v) is 4.65. The summed E-state index contributed by atoms with van der Waals surface area (Å²) in [5.74, 6) is 0.287. The highest BCUT2D eigenvalue weighted by Gasteiger charge is 2.32. The quantitative estimate of drug-likeness (QED) is 0.654. The molecule has 0 aliphatic carbocycles. The molecule has 0 radical (unpaired) electrons. The summed E-state index contributed by atoms with van der Waals surface area (Å²) in [5, 5.41) is 3.42. The van der Waals surface area contributed by atoms with Gasteiger partial charge >= 0.3 is 0 Å². The topological polar surface area (TPSA) is 32.3 Å². The van der Waals surface area contributed by atoms with Crippen molar-refractivity contribution in [1.29, 1.82) is 0 Å². The molecule has 2 atom stereocenters. The summed E-state index contributed by atoms with van der Waals surface area (Å²) in [6.07, 6.45) is 0. The molecule has 0 saturated carbocycles. The number of hydrogen-bond acceptors (Lipinski definition) is 4. The van der Waals surface area contributed by atoms with Gasteiger partial charge in [-0.15, -0.1) is 0 Å². The first-order valence-electron chi connectivity index (χ1n) is 4.71. The largest absolute Gasteiger partial charge is 0.304 e. The Bertz CT molecular complexity index is 194. The Morgan fingerprint density at radius 2 is 2.15 bits per heavy atom.